The van der Waals surface area contributed by atoms with Crippen LogP contribution in [0.5, 0.6) is 0 Å². The minimum absolute atomic E-state index is 0.175. The zero-order chi connectivity index (χ0) is 16.5. The highest BCUT2D eigenvalue weighted by molar-refractivity contribution is 5.84. The number of piperidine rings is 1. The van der Waals surface area contributed by atoms with Crippen molar-refractivity contribution in [3.05, 3.63) is 22.5 Å². The van der Waals surface area contributed by atoms with E-state index in [0.29, 0.717) is 25.9 Å². The Morgan fingerprint density at radius 2 is 2.00 bits per heavy atom. The summed E-state index contributed by atoms with van der Waals surface area (Å²) in [4.78, 5) is 35.3. The van der Waals surface area contributed by atoms with E-state index >= 15 is 0 Å². The van der Waals surface area contributed by atoms with Crippen molar-refractivity contribution in [1.82, 2.24) is 14.7 Å². The van der Waals surface area contributed by atoms with Gasteiger partial charge in [0.1, 0.15) is 17.9 Å². The molecule has 1 aliphatic heterocycles. The fourth-order valence-corrected chi connectivity index (χ4v) is 2.53. The minimum atomic E-state index is -1.07. The van der Waals surface area contributed by atoms with Gasteiger partial charge in [0.2, 0.25) is 5.91 Å². The number of hydrogen-bond acceptors (Lipinski definition) is 5. The quantitative estimate of drug-likeness (QED) is 0.650. The van der Waals surface area contributed by atoms with Gasteiger partial charge in [0.25, 0.3) is 0 Å². The number of carboxylic acid groups (broad SMARTS) is 1. The number of hydrogen-bond donors (Lipinski definition) is 1. The van der Waals surface area contributed by atoms with Crippen molar-refractivity contribution in [2.75, 3.05) is 13.1 Å². The smallest absolute Gasteiger partial charge is 0.307 e. The number of amides is 1. The molecule has 120 valence electrons. The molecule has 1 amide bonds. The van der Waals surface area contributed by atoms with E-state index in [-0.39, 0.29) is 11.6 Å². The molecular weight excluding hydrogens is 292 g/mol. The van der Waals surface area contributed by atoms with Crippen LogP contribution in [0, 0.1) is 16.0 Å². The summed E-state index contributed by atoms with van der Waals surface area (Å²) in [5, 5.41) is 23.6. The Kier molecular flexibility index (Phi) is 4.16. The molecule has 0 unspecified atom stereocenters. The molecule has 0 bridgehead atoms. The minimum Gasteiger partial charge on any atom is -0.481 e. The Labute approximate surface area is 126 Å². The van der Waals surface area contributed by atoms with Crippen LogP contribution in [0.1, 0.15) is 26.7 Å². The molecule has 0 radical (unpaired) electrons. The molecular formula is C13H18N4O5. The molecule has 22 heavy (non-hydrogen) atoms. The summed E-state index contributed by atoms with van der Waals surface area (Å²) in [6.45, 7) is 4.00. The summed E-state index contributed by atoms with van der Waals surface area (Å²) in [6, 6.07) is 0. The van der Waals surface area contributed by atoms with Crippen molar-refractivity contribution in [2.45, 2.75) is 32.2 Å². The van der Waals surface area contributed by atoms with Gasteiger partial charge in [-0.2, -0.15) is 5.10 Å². The predicted octanol–water partition coefficient (Wildman–Crippen LogP) is 0.850. The van der Waals surface area contributed by atoms with Gasteiger partial charge in [0, 0.05) is 13.1 Å². The third kappa shape index (κ3) is 2.92. The maximum atomic E-state index is 12.6. The molecule has 2 rings (SSSR count). The van der Waals surface area contributed by atoms with Gasteiger partial charge in [-0.05, 0) is 26.7 Å². The van der Waals surface area contributed by atoms with Crippen molar-refractivity contribution in [1.29, 1.82) is 0 Å². The van der Waals surface area contributed by atoms with Crippen LogP contribution < -0.4 is 0 Å². The molecule has 2 heterocycles. The molecule has 0 saturated carbocycles. The van der Waals surface area contributed by atoms with E-state index in [9.17, 15) is 19.7 Å². The summed E-state index contributed by atoms with van der Waals surface area (Å²) in [6.07, 6.45) is 3.15. The number of rotatable bonds is 4. The molecule has 0 aliphatic carbocycles. The van der Waals surface area contributed by atoms with Gasteiger partial charge in [-0.3, -0.25) is 24.4 Å². The van der Waals surface area contributed by atoms with Crippen LogP contribution in [0.25, 0.3) is 0 Å². The second kappa shape index (κ2) is 5.74. The van der Waals surface area contributed by atoms with Gasteiger partial charge < -0.3 is 10.0 Å². The number of aromatic nitrogens is 2. The largest absolute Gasteiger partial charge is 0.481 e. The first-order chi connectivity index (χ1) is 10.2. The molecule has 1 N–H and O–H groups in total. The average molecular weight is 310 g/mol. The molecule has 0 atom stereocenters. The molecule has 1 aliphatic rings. The van der Waals surface area contributed by atoms with Gasteiger partial charge in [-0.1, -0.05) is 0 Å². The van der Waals surface area contributed by atoms with E-state index in [4.69, 9.17) is 5.11 Å². The van der Waals surface area contributed by atoms with Gasteiger partial charge >= 0.3 is 11.7 Å². The van der Waals surface area contributed by atoms with Gasteiger partial charge in [0.05, 0.1) is 10.8 Å². The van der Waals surface area contributed by atoms with E-state index in [0.717, 1.165) is 6.20 Å². The first-order valence-corrected chi connectivity index (χ1v) is 6.95. The highest BCUT2D eigenvalue weighted by atomic mass is 16.6. The van der Waals surface area contributed by atoms with E-state index < -0.39 is 22.3 Å². The predicted molar refractivity (Wildman–Crippen MR) is 75.1 cm³/mol. The lowest BCUT2D eigenvalue weighted by molar-refractivity contribution is -0.385. The number of carbonyl (C=O) groups excluding carboxylic acids is 1. The number of carbonyl (C=O) groups is 2. The summed E-state index contributed by atoms with van der Waals surface area (Å²) in [5.41, 5.74) is -1.24. The highest BCUT2D eigenvalue weighted by Gasteiger charge is 2.37. The van der Waals surface area contributed by atoms with Gasteiger partial charge in [-0.25, -0.2) is 0 Å². The fourth-order valence-electron chi connectivity index (χ4n) is 2.53. The third-order valence-electron chi connectivity index (χ3n) is 4.01. The van der Waals surface area contributed by atoms with Crippen LogP contribution in [0.15, 0.2) is 12.4 Å². The van der Waals surface area contributed by atoms with Crippen LogP contribution in [-0.2, 0) is 15.1 Å². The van der Waals surface area contributed by atoms with Crippen LogP contribution in [-0.4, -0.2) is 49.7 Å². The van der Waals surface area contributed by atoms with Crippen molar-refractivity contribution < 1.29 is 19.6 Å². The first-order valence-electron chi connectivity index (χ1n) is 6.95. The van der Waals surface area contributed by atoms with Crippen molar-refractivity contribution in [3.8, 4) is 0 Å². The Hall–Kier alpha value is -2.45. The summed E-state index contributed by atoms with van der Waals surface area (Å²) in [5.74, 6) is -1.48. The summed E-state index contributed by atoms with van der Waals surface area (Å²) < 4.78 is 1.27. The van der Waals surface area contributed by atoms with E-state index in [2.05, 4.69) is 5.10 Å². The molecule has 1 aromatic heterocycles. The second-order valence-corrected chi connectivity index (χ2v) is 5.86. The summed E-state index contributed by atoms with van der Waals surface area (Å²) in [7, 11) is 0. The van der Waals surface area contributed by atoms with Crippen molar-refractivity contribution >= 4 is 17.6 Å². The Balaban J connectivity index is 2.10. The lowest BCUT2D eigenvalue weighted by Crippen LogP contribution is -2.50. The first kappa shape index (κ1) is 15.9. The van der Waals surface area contributed by atoms with Gasteiger partial charge in [-0.15, -0.1) is 0 Å². The zero-order valence-electron chi connectivity index (χ0n) is 12.4. The number of nitrogens with zero attached hydrogens (tertiary/aromatic N) is 4. The zero-order valence-corrected chi connectivity index (χ0v) is 12.4. The van der Waals surface area contributed by atoms with Crippen LogP contribution in [0.3, 0.4) is 0 Å². The second-order valence-electron chi connectivity index (χ2n) is 5.86. The highest BCUT2D eigenvalue weighted by Crippen LogP contribution is 2.25. The van der Waals surface area contributed by atoms with E-state index in [1.807, 2.05) is 0 Å². The number of likely N-dealkylation sites (tertiary alicyclic amines) is 1. The van der Waals surface area contributed by atoms with Crippen LogP contribution in [0.2, 0.25) is 0 Å². The Morgan fingerprint density at radius 1 is 1.41 bits per heavy atom. The standard InChI is InChI=1S/C13H18N4O5/c1-13(2,16-8-10(7-14-16)17(21)22)12(20)15-5-3-9(4-6-15)11(18)19/h7-9H,3-6H2,1-2H3,(H,18,19). The molecule has 1 fully saturated rings. The number of carboxylic acids is 1. The molecule has 9 heteroatoms. The number of nitro groups is 1. The van der Waals surface area contributed by atoms with Gasteiger partial charge in [0.15, 0.2) is 0 Å². The fraction of sp³-hybridized carbons (Fsp3) is 0.615. The van der Waals surface area contributed by atoms with Crippen LogP contribution in [0.4, 0.5) is 5.69 Å². The molecule has 9 nitrogen and oxygen atoms in total. The SMILES string of the molecule is CC(C)(C(=O)N1CCC(C(=O)O)CC1)n1cc([N+](=O)[O-])cn1. The molecule has 0 spiro atoms. The lowest BCUT2D eigenvalue weighted by atomic mass is 9.95. The Morgan fingerprint density at radius 3 is 2.45 bits per heavy atom. The van der Waals surface area contributed by atoms with Crippen molar-refractivity contribution in [2.24, 2.45) is 5.92 Å². The van der Waals surface area contributed by atoms with E-state index in [1.54, 1.807) is 18.7 Å². The average Bonchev–Trinajstić information content (AvgIpc) is 2.97. The third-order valence-corrected chi connectivity index (χ3v) is 4.01. The lowest BCUT2D eigenvalue weighted by Gasteiger charge is -2.35. The monoisotopic (exact) mass is 310 g/mol. The topological polar surface area (TPSA) is 119 Å². The summed E-state index contributed by atoms with van der Waals surface area (Å²) >= 11 is 0. The molecule has 1 saturated heterocycles. The maximum absolute atomic E-state index is 12.6. The van der Waals surface area contributed by atoms with Crippen molar-refractivity contribution in [3.63, 3.8) is 0 Å². The maximum Gasteiger partial charge on any atom is 0.307 e. The molecule has 1 aromatic rings. The number of aliphatic carboxylic acids is 1. The van der Waals surface area contributed by atoms with Crippen LogP contribution >= 0.6 is 0 Å². The molecule has 0 aromatic carbocycles. The van der Waals surface area contributed by atoms with E-state index in [1.165, 1.54) is 10.9 Å². The normalized spacial score (nSPS) is 16.5. The Bertz CT molecular complexity index is 601.